The third kappa shape index (κ3) is 3.22. The van der Waals surface area contributed by atoms with Gasteiger partial charge in [0.1, 0.15) is 11.5 Å². The van der Waals surface area contributed by atoms with E-state index in [1.165, 1.54) is 12.3 Å². The second-order valence-electron chi connectivity index (χ2n) is 4.78. The summed E-state index contributed by atoms with van der Waals surface area (Å²) in [7, 11) is 0. The van der Waals surface area contributed by atoms with Gasteiger partial charge in [0.25, 0.3) is 5.91 Å². The lowest BCUT2D eigenvalue weighted by atomic mass is 9.98. The number of rotatable bonds is 3. The molecule has 1 amide bonds. The standard InChI is InChI=1S/C13H14FN5O2/c14-9-3-6-16-10(7-9)11(20)17-13-19-18-12(21-13)8-1-4-15-5-2-8/h3,6-8,15H,1-2,4-5H2,(H,17,19,20). The van der Waals surface area contributed by atoms with E-state index in [1.807, 2.05) is 0 Å². The number of piperidine rings is 1. The van der Waals surface area contributed by atoms with Crippen LogP contribution in [0.1, 0.15) is 35.1 Å². The van der Waals surface area contributed by atoms with Crippen molar-refractivity contribution in [2.75, 3.05) is 18.4 Å². The van der Waals surface area contributed by atoms with E-state index in [0.717, 1.165) is 32.0 Å². The summed E-state index contributed by atoms with van der Waals surface area (Å²) in [5.74, 6) is -0.401. The monoisotopic (exact) mass is 291 g/mol. The van der Waals surface area contributed by atoms with E-state index in [4.69, 9.17) is 4.42 Å². The molecule has 0 radical (unpaired) electrons. The minimum absolute atomic E-state index is 0.000376. The van der Waals surface area contributed by atoms with Crippen molar-refractivity contribution in [1.82, 2.24) is 20.5 Å². The molecule has 1 fully saturated rings. The second-order valence-corrected chi connectivity index (χ2v) is 4.78. The summed E-state index contributed by atoms with van der Waals surface area (Å²) in [5, 5.41) is 13.4. The second kappa shape index (κ2) is 5.96. The van der Waals surface area contributed by atoms with Gasteiger partial charge in [-0.25, -0.2) is 4.39 Å². The summed E-state index contributed by atoms with van der Waals surface area (Å²) in [5.41, 5.74) is -0.0448. The van der Waals surface area contributed by atoms with Crippen molar-refractivity contribution in [3.05, 3.63) is 35.7 Å². The summed E-state index contributed by atoms with van der Waals surface area (Å²) in [6.07, 6.45) is 3.06. The Morgan fingerprint density at radius 2 is 2.19 bits per heavy atom. The number of nitrogens with one attached hydrogen (secondary N) is 2. The Kier molecular flexibility index (Phi) is 3.87. The maximum atomic E-state index is 13.0. The molecule has 3 rings (SSSR count). The first-order valence-corrected chi connectivity index (χ1v) is 6.69. The Bertz CT molecular complexity index is 639. The normalized spacial score (nSPS) is 15.9. The number of halogens is 1. The topological polar surface area (TPSA) is 92.9 Å². The van der Waals surface area contributed by atoms with Crippen molar-refractivity contribution in [1.29, 1.82) is 0 Å². The van der Waals surface area contributed by atoms with Crippen LogP contribution in [0, 0.1) is 5.82 Å². The first-order valence-electron chi connectivity index (χ1n) is 6.69. The van der Waals surface area contributed by atoms with E-state index in [2.05, 4.69) is 25.8 Å². The smallest absolute Gasteiger partial charge is 0.322 e. The number of aromatic nitrogens is 3. The highest BCUT2D eigenvalue weighted by molar-refractivity contribution is 6.01. The average Bonchev–Trinajstić information content (AvgIpc) is 2.97. The van der Waals surface area contributed by atoms with Gasteiger partial charge < -0.3 is 9.73 Å². The van der Waals surface area contributed by atoms with E-state index in [0.29, 0.717) is 5.89 Å². The van der Waals surface area contributed by atoms with Gasteiger partial charge in [0, 0.05) is 18.2 Å². The van der Waals surface area contributed by atoms with Crippen molar-refractivity contribution < 1.29 is 13.6 Å². The van der Waals surface area contributed by atoms with Crippen molar-refractivity contribution >= 4 is 11.9 Å². The third-order valence-corrected chi connectivity index (χ3v) is 3.30. The van der Waals surface area contributed by atoms with Crippen LogP contribution in [0.5, 0.6) is 0 Å². The number of carbonyl (C=O) groups is 1. The zero-order valence-corrected chi connectivity index (χ0v) is 11.2. The number of hydrogen-bond donors (Lipinski definition) is 2. The molecule has 2 aromatic rings. The van der Waals surface area contributed by atoms with Crippen molar-refractivity contribution in [3.63, 3.8) is 0 Å². The Balaban J connectivity index is 1.68. The Hall–Kier alpha value is -2.35. The van der Waals surface area contributed by atoms with Crippen molar-refractivity contribution in [2.45, 2.75) is 18.8 Å². The lowest BCUT2D eigenvalue weighted by Crippen LogP contribution is -2.26. The predicted molar refractivity (Wildman–Crippen MR) is 71.3 cm³/mol. The van der Waals surface area contributed by atoms with Crippen LogP contribution >= 0.6 is 0 Å². The SMILES string of the molecule is O=C(Nc1nnc(C2CCNCC2)o1)c1cc(F)ccn1. The molecule has 0 aromatic carbocycles. The molecule has 7 nitrogen and oxygen atoms in total. The van der Waals surface area contributed by atoms with E-state index >= 15 is 0 Å². The van der Waals surface area contributed by atoms with Crippen molar-refractivity contribution in [2.24, 2.45) is 0 Å². The molecule has 0 spiro atoms. The van der Waals surface area contributed by atoms with Gasteiger partial charge >= 0.3 is 6.01 Å². The van der Waals surface area contributed by atoms with Gasteiger partial charge in [-0.3, -0.25) is 15.1 Å². The Labute approximate surface area is 120 Å². The summed E-state index contributed by atoms with van der Waals surface area (Å²) in [6.45, 7) is 1.81. The lowest BCUT2D eigenvalue weighted by molar-refractivity contribution is 0.101. The number of nitrogens with zero attached hydrogens (tertiary/aromatic N) is 3. The molecule has 3 heterocycles. The van der Waals surface area contributed by atoms with E-state index in [1.54, 1.807) is 0 Å². The number of pyridine rings is 1. The number of carbonyl (C=O) groups excluding carboxylic acids is 1. The highest BCUT2D eigenvalue weighted by atomic mass is 19.1. The van der Waals surface area contributed by atoms with Crippen LogP contribution in [0.2, 0.25) is 0 Å². The fraction of sp³-hybridized carbons (Fsp3) is 0.385. The minimum atomic E-state index is -0.588. The van der Waals surface area contributed by atoms with Crippen LogP contribution in [0.15, 0.2) is 22.7 Å². The highest BCUT2D eigenvalue weighted by Crippen LogP contribution is 2.24. The van der Waals surface area contributed by atoms with Crippen LogP contribution in [-0.2, 0) is 0 Å². The van der Waals surface area contributed by atoms with Crippen LogP contribution in [0.3, 0.4) is 0 Å². The molecule has 0 atom stereocenters. The largest absolute Gasteiger partial charge is 0.408 e. The first-order chi connectivity index (χ1) is 10.2. The molecule has 2 aromatic heterocycles. The fourth-order valence-electron chi connectivity index (χ4n) is 2.21. The summed E-state index contributed by atoms with van der Waals surface area (Å²) >= 11 is 0. The van der Waals surface area contributed by atoms with E-state index in [-0.39, 0.29) is 17.6 Å². The molecular weight excluding hydrogens is 277 g/mol. The van der Waals surface area contributed by atoms with Gasteiger partial charge in [0.2, 0.25) is 5.89 Å². The zero-order valence-electron chi connectivity index (χ0n) is 11.2. The Morgan fingerprint density at radius 3 is 2.95 bits per heavy atom. The van der Waals surface area contributed by atoms with Gasteiger partial charge in [-0.05, 0) is 32.0 Å². The van der Waals surface area contributed by atoms with E-state index in [9.17, 15) is 9.18 Å². The van der Waals surface area contributed by atoms with Gasteiger partial charge in [0.15, 0.2) is 0 Å². The van der Waals surface area contributed by atoms with Crippen LogP contribution in [-0.4, -0.2) is 34.2 Å². The maximum absolute atomic E-state index is 13.0. The molecule has 1 saturated heterocycles. The van der Waals surface area contributed by atoms with Crippen LogP contribution < -0.4 is 10.6 Å². The molecule has 0 unspecified atom stereocenters. The first kappa shape index (κ1) is 13.6. The molecule has 2 N–H and O–H groups in total. The molecule has 1 aliphatic rings. The van der Waals surface area contributed by atoms with Gasteiger partial charge in [-0.2, -0.15) is 0 Å². The summed E-state index contributed by atoms with van der Waals surface area (Å²) < 4.78 is 18.5. The zero-order chi connectivity index (χ0) is 14.7. The minimum Gasteiger partial charge on any atom is -0.408 e. The maximum Gasteiger partial charge on any atom is 0.322 e. The van der Waals surface area contributed by atoms with Gasteiger partial charge in [-0.15, -0.1) is 5.10 Å². The molecular formula is C13H14FN5O2. The summed E-state index contributed by atoms with van der Waals surface area (Å²) in [4.78, 5) is 15.7. The molecule has 0 aliphatic carbocycles. The molecule has 21 heavy (non-hydrogen) atoms. The fourth-order valence-corrected chi connectivity index (χ4v) is 2.21. The number of amides is 1. The molecule has 1 aliphatic heterocycles. The van der Waals surface area contributed by atoms with E-state index < -0.39 is 11.7 Å². The van der Waals surface area contributed by atoms with Crippen LogP contribution in [0.25, 0.3) is 0 Å². The lowest BCUT2D eigenvalue weighted by Gasteiger charge is -2.18. The third-order valence-electron chi connectivity index (χ3n) is 3.30. The number of anilines is 1. The molecule has 0 saturated carbocycles. The predicted octanol–water partition coefficient (Wildman–Crippen LogP) is 1.32. The van der Waals surface area contributed by atoms with Crippen LogP contribution in [0.4, 0.5) is 10.4 Å². The summed E-state index contributed by atoms with van der Waals surface area (Å²) in [6, 6.07) is 2.21. The average molecular weight is 291 g/mol. The molecule has 110 valence electrons. The molecule has 8 heteroatoms. The van der Waals surface area contributed by atoms with Gasteiger partial charge in [0.05, 0.1) is 0 Å². The number of hydrogen-bond acceptors (Lipinski definition) is 6. The molecule has 0 bridgehead atoms. The Morgan fingerprint density at radius 1 is 1.38 bits per heavy atom. The van der Waals surface area contributed by atoms with Crippen molar-refractivity contribution in [3.8, 4) is 0 Å². The van der Waals surface area contributed by atoms with Gasteiger partial charge in [-0.1, -0.05) is 5.10 Å². The quantitative estimate of drug-likeness (QED) is 0.886. The highest BCUT2D eigenvalue weighted by Gasteiger charge is 2.22.